The van der Waals surface area contributed by atoms with Crippen molar-refractivity contribution in [3.63, 3.8) is 0 Å². The number of anilines is 2. The first-order valence-electron chi connectivity index (χ1n) is 24.2. The molecular weight excluding hydrogens is 1050 g/mol. The van der Waals surface area contributed by atoms with Crippen LogP contribution < -0.4 is 21.3 Å². The fourth-order valence-electron chi connectivity index (χ4n) is 9.48. The van der Waals surface area contributed by atoms with Gasteiger partial charge in [-0.15, -0.1) is 0 Å². The summed E-state index contributed by atoms with van der Waals surface area (Å²) in [7, 11) is 1.71. The second-order valence-corrected chi connectivity index (χ2v) is 22.6. The topological polar surface area (TPSA) is 186 Å². The van der Waals surface area contributed by atoms with Crippen molar-refractivity contribution in [1.82, 2.24) is 10.6 Å². The number of benzene rings is 4. The van der Waals surface area contributed by atoms with Crippen molar-refractivity contribution in [3.05, 3.63) is 127 Å². The SMILES string of the molecule is COC(=O)C(Cc1ccc(NC(=O)c2c(Cl)cccc2Cl)cc1)NC(=O)C1(CCCS(C)=O)CCCC1.COC(=O)C(Cc1ccc(NC(=O)c2c(Cl)cccc2Cl)cc1)NC(=O)C1(CCCSC)CCCC1. The molecule has 6 rings (SSSR count). The van der Waals surface area contributed by atoms with Crippen LogP contribution >= 0.6 is 58.2 Å². The van der Waals surface area contributed by atoms with Crippen molar-refractivity contribution in [2.24, 2.45) is 10.8 Å². The number of carbonyl (C=O) groups excluding carboxylic acids is 6. The summed E-state index contributed by atoms with van der Waals surface area (Å²) in [5.41, 5.74) is 2.13. The Morgan fingerprint density at radius 1 is 0.589 bits per heavy atom. The molecule has 0 heterocycles. The maximum Gasteiger partial charge on any atom is 0.328 e. The molecule has 19 heteroatoms. The van der Waals surface area contributed by atoms with Crippen LogP contribution in [-0.4, -0.2) is 90.1 Å². The van der Waals surface area contributed by atoms with Crippen LogP contribution in [0.15, 0.2) is 84.9 Å². The van der Waals surface area contributed by atoms with Gasteiger partial charge in [0.25, 0.3) is 11.8 Å². The van der Waals surface area contributed by atoms with Crippen LogP contribution in [0.3, 0.4) is 0 Å². The highest BCUT2D eigenvalue weighted by Crippen LogP contribution is 2.44. The molecule has 2 aliphatic rings. The summed E-state index contributed by atoms with van der Waals surface area (Å²) < 4.78 is 21.5. The van der Waals surface area contributed by atoms with Crippen LogP contribution in [0.2, 0.25) is 20.1 Å². The highest BCUT2D eigenvalue weighted by Gasteiger charge is 2.43. The molecule has 3 atom stereocenters. The number of ether oxygens (including phenoxy) is 2. The molecule has 4 N–H and O–H groups in total. The van der Waals surface area contributed by atoms with E-state index in [0.29, 0.717) is 30.0 Å². The van der Waals surface area contributed by atoms with E-state index in [4.69, 9.17) is 55.9 Å². The lowest BCUT2D eigenvalue weighted by Gasteiger charge is -2.30. The van der Waals surface area contributed by atoms with Crippen LogP contribution in [0.25, 0.3) is 0 Å². The Morgan fingerprint density at radius 2 is 0.945 bits per heavy atom. The van der Waals surface area contributed by atoms with E-state index in [1.54, 1.807) is 103 Å². The van der Waals surface area contributed by atoms with Gasteiger partial charge < -0.3 is 30.7 Å². The molecule has 3 unspecified atom stereocenters. The van der Waals surface area contributed by atoms with Crippen LogP contribution in [-0.2, 0) is 52.3 Å². The van der Waals surface area contributed by atoms with Gasteiger partial charge in [-0.05, 0) is 123 Å². The number of halogens is 4. The third kappa shape index (κ3) is 16.9. The number of carbonyl (C=O) groups is 6. The van der Waals surface area contributed by atoms with Gasteiger partial charge in [-0.1, -0.05) is 108 Å². The van der Waals surface area contributed by atoms with E-state index in [9.17, 15) is 33.0 Å². The average molecular weight is 1120 g/mol. The molecule has 394 valence electrons. The monoisotopic (exact) mass is 1120 g/mol. The largest absolute Gasteiger partial charge is 0.467 e. The third-order valence-corrected chi connectivity index (χ3v) is 16.3. The van der Waals surface area contributed by atoms with Gasteiger partial charge in [0, 0.05) is 57.9 Å². The van der Waals surface area contributed by atoms with Gasteiger partial charge in [-0.25, -0.2) is 9.59 Å². The Morgan fingerprint density at radius 3 is 1.27 bits per heavy atom. The van der Waals surface area contributed by atoms with Crippen LogP contribution in [0, 0.1) is 10.8 Å². The molecular formula is C54H64Cl4N4O9S2. The second kappa shape index (κ2) is 28.9. The molecule has 2 aliphatic carbocycles. The Bertz CT molecular complexity index is 2530. The molecule has 0 radical (unpaired) electrons. The molecule has 13 nitrogen and oxygen atoms in total. The van der Waals surface area contributed by atoms with Crippen LogP contribution in [0.1, 0.15) is 109 Å². The Kier molecular flexibility index (Phi) is 23.4. The molecule has 0 saturated heterocycles. The number of thioether (sulfide) groups is 1. The van der Waals surface area contributed by atoms with Crippen molar-refractivity contribution in [2.45, 2.75) is 102 Å². The van der Waals surface area contributed by atoms with Gasteiger partial charge in [-0.3, -0.25) is 23.4 Å². The van der Waals surface area contributed by atoms with Crippen molar-refractivity contribution >= 4 is 116 Å². The summed E-state index contributed by atoms with van der Waals surface area (Å²) in [6.07, 6.45) is 14.6. The van der Waals surface area contributed by atoms with Crippen molar-refractivity contribution in [1.29, 1.82) is 0 Å². The fraction of sp³-hybridized carbons (Fsp3) is 0.444. The number of nitrogens with one attached hydrogen (secondary N) is 4. The van der Waals surface area contributed by atoms with Gasteiger partial charge in [0.05, 0.1) is 45.4 Å². The zero-order chi connectivity index (χ0) is 53.1. The van der Waals surface area contributed by atoms with E-state index < -0.39 is 57.5 Å². The highest BCUT2D eigenvalue weighted by molar-refractivity contribution is 7.98. The normalized spacial score (nSPS) is 15.6. The van der Waals surface area contributed by atoms with Crippen LogP contribution in [0.5, 0.6) is 0 Å². The quantitative estimate of drug-likeness (QED) is 0.0436. The number of esters is 2. The van der Waals surface area contributed by atoms with E-state index in [-0.39, 0.29) is 55.9 Å². The standard InChI is InChI=1S/C27H32Cl2N2O5S.C27H32Cl2N2O4S/c1-36-25(33)22(31-26(34)27(13-3-4-14-27)15-6-16-37(2)35)17-18-9-11-19(12-10-18)30-24(32)23-20(28)7-5-8-21(23)29;1-35-25(33)22(31-26(34)27(13-3-4-14-27)15-6-16-36-2)17-18-9-11-19(12-10-18)30-24(32)23-20(28)7-5-8-21(23)29/h5,7-12,22H,3-4,6,13-17H2,1-2H3,(H,30,32)(H,31,34);5,7-12,22H,3-4,6,13-17H2,1-2H3,(H,30,32)(H,31,34). The number of rotatable bonds is 22. The van der Waals surface area contributed by atoms with Gasteiger partial charge in [0.1, 0.15) is 12.1 Å². The number of hydrogen-bond acceptors (Lipinski definition) is 10. The maximum atomic E-state index is 13.4. The van der Waals surface area contributed by atoms with E-state index in [1.807, 2.05) is 0 Å². The van der Waals surface area contributed by atoms with Gasteiger partial charge in [0.15, 0.2) is 0 Å². The Labute approximate surface area is 455 Å². The highest BCUT2D eigenvalue weighted by atomic mass is 35.5. The third-order valence-electron chi connectivity index (χ3n) is 13.4. The van der Waals surface area contributed by atoms with Gasteiger partial charge in [-0.2, -0.15) is 11.8 Å². The summed E-state index contributed by atoms with van der Waals surface area (Å²) in [5.74, 6) is -0.492. The van der Waals surface area contributed by atoms with Gasteiger partial charge in [0.2, 0.25) is 11.8 Å². The molecule has 0 aliphatic heterocycles. The first kappa shape index (κ1) is 59.2. The smallest absolute Gasteiger partial charge is 0.328 e. The molecule has 2 saturated carbocycles. The lowest BCUT2D eigenvalue weighted by atomic mass is 9.80. The van der Waals surface area contributed by atoms with Crippen molar-refractivity contribution in [3.8, 4) is 0 Å². The average Bonchev–Trinajstić information content (AvgIpc) is 4.06. The van der Waals surface area contributed by atoms with Gasteiger partial charge >= 0.3 is 11.9 Å². The molecule has 0 bridgehead atoms. The van der Waals surface area contributed by atoms with Crippen molar-refractivity contribution in [2.75, 3.05) is 48.9 Å². The minimum absolute atomic E-state index is 0.0583. The predicted molar refractivity (Wildman–Crippen MR) is 295 cm³/mol. The predicted octanol–water partition coefficient (Wildman–Crippen LogP) is 11.3. The second-order valence-electron chi connectivity index (χ2n) is 18.5. The maximum absolute atomic E-state index is 13.4. The Hall–Kier alpha value is -4.64. The number of methoxy groups -OCH3 is 2. The lowest BCUT2D eigenvalue weighted by molar-refractivity contribution is -0.147. The minimum Gasteiger partial charge on any atom is -0.467 e. The molecule has 0 spiro atoms. The summed E-state index contributed by atoms with van der Waals surface area (Å²) in [6, 6.07) is 22.1. The van der Waals surface area contributed by atoms with E-state index in [1.165, 1.54) is 14.2 Å². The summed E-state index contributed by atoms with van der Waals surface area (Å²) in [6.45, 7) is 0. The van der Waals surface area contributed by atoms with Crippen LogP contribution in [0.4, 0.5) is 11.4 Å². The summed E-state index contributed by atoms with van der Waals surface area (Å²) in [4.78, 5) is 77.1. The number of amides is 4. The van der Waals surface area contributed by atoms with E-state index in [2.05, 4.69) is 27.5 Å². The lowest BCUT2D eigenvalue weighted by Crippen LogP contribution is -2.49. The van der Waals surface area contributed by atoms with E-state index in [0.717, 1.165) is 81.1 Å². The molecule has 4 amide bonds. The molecule has 0 aromatic heterocycles. The fourth-order valence-corrected chi connectivity index (χ4v) is 11.6. The summed E-state index contributed by atoms with van der Waals surface area (Å²) in [5, 5.41) is 12.5. The summed E-state index contributed by atoms with van der Waals surface area (Å²) >= 11 is 26.3. The Balaban J connectivity index is 0.000000271. The molecule has 4 aromatic rings. The minimum atomic E-state index is -0.908. The molecule has 2 fully saturated rings. The first-order valence-corrected chi connectivity index (χ1v) is 28.8. The molecule has 73 heavy (non-hydrogen) atoms. The van der Waals surface area contributed by atoms with E-state index >= 15 is 0 Å². The number of hydrogen-bond donors (Lipinski definition) is 4. The zero-order valence-corrected chi connectivity index (χ0v) is 46.2. The zero-order valence-electron chi connectivity index (χ0n) is 41.6. The first-order chi connectivity index (χ1) is 34.9. The van der Waals surface area contributed by atoms with Crippen molar-refractivity contribution < 1.29 is 42.4 Å². The molecule has 4 aromatic carbocycles.